The van der Waals surface area contributed by atoms with Crippen molar-refractivity contribution in [2.24, 2.45) is 5.92 Å². The molecule has 2 aromatic heterocycles. The molecule has 1 aliphatic heterocycles. The maximum Gasteiger partial charge on any atom is 0.223 e. The Morgan fingerprint density at radius 1 is 1.16 bits per heavy atom. The number of amides is 1. The molecule has 1 fully saturated rings. The summed E-state index contributed by atoms with van der Waals surface area (Å²) < 4.78 is 16.1. The van der Waals surface area contributed by atoms with Crippen molar-refractivity contribution in [2.45, 2.75) is 19.4 Å². The Hall–Kier alpha value is -2.77. The zero-order chi connectivity index (χ0) is 21.4. The molecule has 0 bridgehead atoms. The molecule has 1 N–H and O–H groups in total. The Morgan fingerprint density at radius 2 is 1.94 bits per heavy atom. The Balaban J connectivity index is 1.28. The number of anilines is 1. The van der Waals surface area contributed by atoms with Crippen molar-refractivity contribution in [3.05, 3.63) is 65.2 Å². The Morgan fingerprint density at radius 3 is 2.71 bits per heavy atom. The first-order valence-electron chi connectivity index (χ1n) is 10.2. The van der Waals surface area contributed by atoms with E-state index in [9.17, 15) is 9.18 Å². The molecule has 31 heavy (non-hydrogen) atoms. The highest BCUT2D eigenvalue weighted by Gasteiger charge is 2.27. The van der Waals surface area contributed by atoms with E-state index in [0.717, 1.165) is 46.7 Å². The number of nitrogens with one attached hydrogen (secondary N) is 1. The Kier molecular flexibility index (Phi) is 5.46. The minimum atomic E-state index is -0.260. The molecular formula is C23H20ClFN4OS. The number of aromatic nitrogens is 2. The van der Waals surface area contributed by atoms with Gasteiger partial charge in [-0.1, -0.05) is 29.8 Å². The summed E-state index contributed by atoms with van der Waals surface area (Å²) in [6, 6.07) is 12.6. The fourth-order valence-electron chi connectivity index (χ4n) is 4.08. The van der Waals surface area contributed by atoms with Crippen molar-refractivity contribution in [1.29, 1.82) is 0 Å². The van der Waals surface area contributed by atoms with Crippen LogP contribution in [0.4, 0.5) is 10.2 Å². The number of piperidine rings is 1. The van der Waals surface area contributed by atoms with E-state index in [1.807, 2.05) is 30.3 Å². The average molecular weight is 455 g/mol. The normalized spacial score (nSPS) is 15.0. The molecule has 0 radical (unpaired) electrons. The van der Waals surface area contributed by atoms with Gasteiger partial charge in [-0.15, -0.1) is 11.3 Å². The standard InChI is InChI=1S/C23H20ClFN4OS/c24-16-6-4-14(5-7-16)12-26-23(30)15-8-10-29(11-9-15)22-21-20(27-13-28-22)19-17(25)2-1-3-18(19)31-21/h1-7,13,15H,8-12H2,(H,26,30). The van der Waals surface area contributed by atoms with E-state index < -0.39 is 0 Å². The number of hydrogen-bond acceptors (Lipinski definition) is 5. The summed E-state index contributed by atoms with van der Waals surface area (Å²) in [4.78, 5) is 23.7. The zero-order valence-electron chi connectivity index (χ0n) is 16.6. The van der Waals surface area contributed by atoms with Crippen molar-refractivity contribution >= 4 is 55.0 Å². The predicted molar refractivity (Wildman–Crippen MR) is 123 cm³/mol. The van der Waals surface area contributed by atoms with Gasteiger partial charge in [-0.05, 0) is 42.7 Å². The predicted octanol–water partition coefficient (Wildman–Crippen LogP) is 5.17. The van der Waals surface area contributed by atoms with Crippen LogP contribution in [0, 0.1) is 11.7 Å². The molecule has 0 aliphatic carbocycles. The topological polar surface area (TPSA) is 58.1 Å². The molecule has 0 saturated carbocycles. The van der Waals surface area contributed by atoms with Crippen LogP contribution in [0.2, 0.25) is 5.02 Å². The van der Waals surface area contributed by atoms with E-state index >= 15 is 0 Å². The first-order chi connectivity index (χ1) is 15.1. The smallest absolute Gasteiger partial charge is 0.223 e. The van der Waals surface area contributed by atoms with Gasteiger partial charge < -0.3 is 10.2 Å². The van der Waals surface area contributed by atoms with Gasteiger partial charge in [0, 0.05) is 35.3 Å². The van der Waals surface area contributed by atoms with E-state index in [1.54, 1.807) is 6.07 Å². The van der Waals surface area contributed by atoms with Crippen molar-refractivity contribution in [3.63, 3.8) is 0 Å². The second-order valence-electron chi connectivity index (χ2n) is 7.70. The molecule has 3 heterocycles. The number of carbonyl (C=O) groups is 1. The lowest BCUT2D eigenvalue weighted by molar-refractivity contribution is -0.125. The molecule has 1 saturated heterocycles. The SMILES string of the molecule is O=C(NCc1ccc(Cl)cc1)C1CCN(c2ncnc3c2sc2cccc(F)c23)CC1. The number of carbonyl (C=O) groups excluding carboxylic acids is 1. The molecule has 4 aromatic rings. The third-order valence-electron chi connectivity index (χ3n) is 5.75. The molecule has 5 nitrogen and oxygen atoms in total. The van der Waals surface area contributed by atoms with Crippen LogP contribution >= 0.6 is 22.9 Å². The van der Waals surface area contributed by atoms with Crippen LogP contribution in [0.25, 0.3) is 20.3 Å². The van der Waals surface area contributed by atoms with Crippen molar-refractivity contribution in [3.8, 4) is 0 Å². The van der Waals surface area contributed by atoms with Crippen LogP contribution in [0.15, 0.2) is 48.8 Å². The summed E-state index contributed by atoms with van der Waals surface area (Å²) in [6.07, 6.45) is 3.00. The van der Waals surface area contributed by atoms with Gasteiger partial charge in [-0.2, -0.15) is 0 Å². The van der Waals surface area contributed by atoms with Gasteiger partial charge in [0.25, 0.3) is 0 Å². The van der Waals surface area contributed by atoms with Crippen LogP contribution in [0.5, 0.6) is 0 Å². The number of nitrogens with zero attached hydrogens (tertiary/aromatic N) is 3. The van der Waals surface area contributed by atoms with Crippen molar-refractivity contribution in [1.82, 2.24) is 15.3 Å². The second kappa shape index (κ2) is 8.40. The lowest BCUT2D eigenvalue weighted by atomic mass is 9.95. The number of hydrogen-bond donors (Lipinski definition) is 1. The molecule has 1 amide bonds. The maximum absolute atomic E-state index is 14.4. The average Bonchev–Trinajstić information content (AvgIpc) is 3.19. The molecule has 0 spiro atoms. The van der Waals surface area contributed by atoms with E-state index in [2.05, 4.69) is 20.2 Å². The van der Waals surface area contributed by atoms with E-state index in [0.29, 0.717) is 22.5 Å². The van der Waals surface area contributed by atoms with Crippen LogP contribution in [0.3, 0.4) is 0 Å². The molecule has 1 aliphatic rings. The van der Waals surface area contributed by atoms with E-state index in [-0.39, 0.29) is 17.6 Å². The van der Waals surface area contributed by atoms with Gasteiger partial charge >= 0.3 is 0 Å². The summed E-state index contributed by atoms with van der Waals surface area (Å²) in [6.45, 7) is 1.94. The number of thiophene rings is 1. The third-order valence-corrected chi connectivity index (χ3v) is 7.15. The monoisotopic (exact) mass is 454 g/mol. The van der Waals surface area contributed by atoms with Crippen LogP contribution in [0.1, 0.15) is 18.4 Å². The quantitative estimate of drug-likeness (QED) is 0.462. The first-order valence-corrected chi connectivity index (χ1v) is 11.4. The molecule has 0 unspecified atom stereocenters. The molecule has 8 heteroatoms. The molecule has 5 rings (SSSR count). The number of rotatable bonds is 4. The van der Waals surface area contributed by atoms with Crippen molar-refractivity contribution < 1.29 is 9.18 Å². The zero-order valence-corrected chi connectivity index (χ0v) is 18.2. The summed E-state index contributed by atoms with van der Waals surface area (Å²) >= 11 is 7.42. The van der Waals surface area contributed by atoms with Crippen molar-refractivity contribution in [2.75, 3.05) is 18.0 Å². The van der Waals surface area contributed by atoms with E-state index in [4.69, 9.17) is 11.6 Å². The first kappa shape index (κ1) is 20.2. The van der Waals surface area contributed by atoms with Crippen LogP contribution < -0.4 is 10.2 Å². The lowest BCUT2D eigenvalue weighted by Crippen LogP contribution is -2.40. The number of benzene rings is 2. The summed E-state index contributed by atoms with van der Waals surface area (Å²) in [7, 11) is 0. The van der Waals surface area contributed by atoms with Gasteiger partial charge in [0.15, 0.2) is 0 Å². The number of halogens is 2. The van der Waals surface area contributed by atoms with Gasteiger partial charge in [-0.3, -0.25) is 4.79 Å². The molecule has 158 valence electrons. The molecule has 0 atom stereocenters. The summed E-state index contributed by atoms with van der Waals surface area (Å²) in [5.41, 5.74) is 1.68. The Labute approximate surface area is 187 Å². The lowest BCUT2D eigenvalue weighted by Gasteiger charge is -2.32. The third kappa shape index (κ3) is 3.95. The fraction of sp³-hybridized carbons (Fsp3) is 0.261. The van der Waals surface area contributed by atoms with Crippen LogP contribution in [-0.4, -0.2) is 29.0 Å². The van der Waals surface area contributed by atoms with Crippen LogP contribution in [-0.2, 0) is 11.3 Å². The maximum atomic E-state index is 14.4. The van der Waals surface area contributed by atoms with Gasteiger partial charge in [0.1, 0.15) is 18.0 Å². The summed E-state index contributed by atoms with van der Waals surface area (Å²) in [5.74, 6) is 0.613. The molecular weight excluding hydrogens is 435 g/mol. The second-order valence-corrected chi connectivity index (χ2v) is 9.18. The highest BCUT2D eigenvalue weighted by molar-refractivity contribution is 7.26. The highest BCUT2D eigenvalue weighted by atomic mass is 35.5. The van der Waals surface area contributed by atoms with Gasteiger partial charge in [0.2, 0.25) is 5.91 Å². The van der Waals surface area contributed by atoms with E-state index in [1.165, 1.54) is 23.7 Å². The minimum absolute atomic E-state index is 0.0271. The highest BCUT2D eigenvalue weighted by Crippen LogP contribution is 2.39. The number of fused-ring (bicyclic) bond motifs is 3. The minimum Gasteiger partial charge on any atom is -0.355 e. The fourth-order valence-corrected chi connectivity index (χ4v) is 5.39. The molecule has 2 aromatic carbocycles. The Bertz CT molecular complexity index is 1250. The van der Waals surface area contributed by atoms with Gasteiger partial charge in [0.05, 0.1) is 15.6 Å². The van der Waals surface area contributed by atoms with Gasteiger partial charge in [-0.25, -0.2) is 14.4 Å². The summed E-state index contributed by atoms with van der Waals surface area (Å²) in [5, 5.41) is 4.27. The largest absolute Gasteiger partial charge is 0.355 e.